The number of ether oxygens (including phenoxy) is 1. The Hall–Kier alpha value is -2.18. The smallest absolute Gasteiger partial charge is 0.145 e. The van der Waals surface area contributed by atoms with Gasteiger partial charge in [0.25, 0.3) is 0 Å². The van der Waals surface area contributed by atoms with Crippen LogP contribution in [-0.4, -0.2) is 27.2 Å². The number of halogens is 2. The number of benzene rings is 1. The normalized spacial score (nSPS) is 21.8. The van der Waals surface area contributed by atoms with E-state index in [9.17, 15) is 4.39 Å². The Morgan fingerprint density at radius 2 is 2.18 bits per heavy atom. The lowest BCUT2D eigenvalue weighted by Gasteiger charge is -2.24. The van der Waals surface area contributed by atoms with Crippen LogP contribution in [0.15, 0.2) is 24.7 Å². The molecule has 1 N–H and O–H groups in total. The van der Waals surface area contributed by atoms with Crippen LogP contribution in [0.2, 0.25) is 5.02 Å². The zero-order valence-corrected chi connectivity index (χ0v) is 16.5. The first-order valence-electron chi connectivity index (χ1n) is 9.77. The third kappa shape index (κ3) is 2.95. The van der Waals surface area contributed by atoms with Crippen molar-refractivity contribution in [2.45, 2.75) is 51.3 Å². The number of nitrogens with zero attached hydrogens (tertiary/aromatic N) is 3. The zero-order chi connectivity index (χ0) is 19.3. The van der Waals surface area contributed by atoms with E-state index in [0.29, 0.717) is 24.6 Å². The van der Waals surface area contributed by atoms with E-state index < -0.39 is 0 Å². The minimum Gasteiger partial charge on any atom is -0.490 e. The summed E-state index contributed by atoms with van der Waals surface area (Å²) in [5, 5.41) is 4.54. The van der Waals surface area contributed by atoms with Crippen LogP contribution in [0.1, 0.15) is 42.1 Å². The Morgan fingerprint density at radius 3 is 3.07 bits per heavy atom. The molecule has 3 heterocycles. The Balaban J connectivity index is 1.39. The van der Waals surface area contributed by atoms with Crippen LogP contribution in [-0.2, 0) is 13.0 Å². The van der Waals surface area contributed by atoms with Crippen LogP contribution in [0, 0.1) is 12.7 Å². The lowest BCUT2D eigenvalue weighted by molar-refractivity contribution is 0.201. The minimum absolute atomic E-state index is 0.0814. The summed E-state index contributed by atoms with van der Waals surface area (Å²) in [7, 11) is 0. The number of aromatic nitrogens is 3. The van der Waals surface area contributed by atoms with Crippen molar-refractivity contribution in [3.05, 3.63) is 52.3 Å². The summed E-state index contributed by atoms with van der Waals surface area (Å²) in [6.07, 6.45) is 7.30. The maximum atomic E-state index is 14.4. The molecule has 2 aromatic heterocycles. The van der Waals surface area contributed by atoms with Crippen molar-refractivity contribution in [1.29, 1.82) is 0 Å². The maximum absolute atomic E-state index is 14.4. The molecule has 2 unspecified atom stereocenters. The van der Waals surface area contributed by atoms with Gasteiger partial charge in [-0.3, -0.25) is 0 Å². The maximum Gasteiger partial charge on any atom is 0.145 e. The van der Waals surface area contributed by atoms with E-state index in [2.05, 4.69) is 32.1 Å². The van der Waals surface area contributed by atoms with Crippen LogP contribution in [0.4, 0.5) is 4.39 Å². The second-order valence-corrected chi connectivity index (χ2v) is 8.09. The highest BCUT2D eigenvalue weighted by Gasteiger charge is 2.30. The summed E-state index contributed by atoms with van der Waals surface area (Å²) in [4.78, 5) is 8.75. The molecule has 0 bridgehead atoms. The van der Waals surface area contributed by atoms with E-state index in [-0.39, 0.29) is 16.9 Å². The molecule has 1 aliphatic heterocycles. The monoisotopic (exact) mass is 400 g/mol. The molecule has 0 amide bonds. The molecule has 3 aromatic rings. The number of fused-ring (bicyclic) bond motifs is 2. The van der Waals surface area contributed by atoms with Crippen molar-refractivity contribution >= 4 is 22.6 Å². The summed E-state index contributed by atoms with van der Waals surface area (Å²) in [5.41, 5.74) is 3.57. The fraction of sp³-hybridized carbons (Fsp3) is 0.429. The van der Waals surface area contributed by atoms with Gasteiger partial charge in [0.05, 0.1) is 10.7 Å². The molecule has 1 fully saturated rings. The van der Waals surface area contributed by atoms with Gasteiger partial charge in [-0.15, -0.1) is 0 Å². The topological polar surface area (TPSA) is 52.0 Å². The molecule has 0 radical (unpaired) electrons. The van der Waals surface area contributed by atoms with Gasteiger partial charge in [0, 0.05) is 42.2 Å². The second kappa shape index (κ2) is 7.01. The van der Waals surface area contributed by atoms with Gasteiger partial charge in [-0.25, -0.2) is 14.4 Å². The summed E-state index contributed by atoms with van der Waals surface area (Å²) in [6.45, 7) is 3.38. The van der Waals surface area contributed by atoms with Gasteiger partial charge in [0.15, 0.2) is 0 Å². The van der Waals surface area contributed by atoms with Crippen LogP contribution < -0.4 is 10.1 Å². The van der Waals surface area contributed by atoms with Crippen molar-refractivity contribution in [3.8, 4) is 5.75 Å². The van der Waals surface area contributed by atoms with Gasteiger partial charge >= 0.3 is 0 Å². The van der Waals surface area contributed by atoms with Gasteiger partial charge in [0.2, 0.25) is 0 Å². The Morgan fingerprint density at radius 1 is 1.29 bits per heavy atom. The first-order chi connectivity index (χ1) is 13.6. The molecule has 2 atom stereocenters. The minimum atomic E-state index is -0.302. The largest absolute Gasteiger partial charge is 0.490 e. The molecule has 0 spiro atoms. The van der Waals surface area contributed by atoms with Crippen molar-refractivity contribution < 1.29 is 9.13 Å². The summed E-state index contributed by atoms with van der Waals surface area (Å²) < 4.78 is 22.9. The van der Waals surface area contributed by atoms with E-state index in [0.717, 1.165) is 53.8 Å². The fourth-order valence-electron chi connectivity index (χ4n) is 4.53. The highest BCUT2D eigenvalue weighted by atomic mass is 35.5. The fourth-order valence-corrected chi connectivity index (χ4v) is 4.74. The van der Waals surface area contributed by atoms with Crippen LogP contribution in [0.5, 0.6) is 5.75 Å². The van der Waals surface area contributed by atoms with Gasteiger partial charge < -0.3 is 14.6 Å². The third-order valence-electron chi connectivity index (χ3n) is 6.00. The molecule has 0 saturated heterocycles. The number of rotatable bonds is 3. The lowest BCUT2D eigenvalue weighted by Crippen LogP contribution is -2.26. The average Bonchev–Trinajstić information content (AvgIpc) is 3.33. The average molecular weight is 401 g/mol. The highest BCUT2D eigenvalue weighted by Crippen LogP contribution is 2.38. The van der Waals surface area contributed by atoms with E-state index >= 15 is 0 Å². The van der Waals surface area contributed by atoms with Gasteiger partial charge in [-0.1, -0.05) is 11.6 Å². The van der Waals surface area contributed by atoms with E-state index in [1.54, 1.807) is 12.4 Å². The molecular formula is C21H22ClFN4O. The number of hydrogen-bond donors (Lipinski definition) is 1. The van der Waals surface area contributed by atoms with Crippen molar-refractivity contribution in [3.63, 3.8) is 0 Å². The van der Waals surface area contributed by atoms with Crippen molar-refractivity contribution in [1.82, 2.24) is 19.9 Å². The third-order valence-corrected chi connectivity index (χ3v) is 6.28. The van der Waals surface area contributed by atoms with E-state index in [1.807, 2.05) is 6.92 Å². The molecule has 28 heavy (non-hydrogen) atoms. The van der Waals surface area contributed by atoms with E-state index in [4.69, 9.17) is 16.3 Å². The lowest BCUT2D eigenvalue weighted by atomic mass is 9.99. The SMILES string of the molecule is Cc1ncnc2c1ccn2C1CCC(Oc2cc(Cl)c(F)c3c2CNCC3)C1. The van der Waals surface area contributed by atoms with Crippen LogP contribution in [0.3, 0.4) is 0 Å². The molecular weight excluding hydrogens is 379 g/mol. The van der Waals surface area contributed by atoms with Gasteiger partial charge in [0.1, 0.15) is 29.6 Å². The van der Waals surface area contributed by atoms with Gasteiger partial charge in [-0.2, -0.15) is 0 Å². The second-order valence-electron chi connectivity index (χ2n) is 7.68. The molecule has 7 heteroatoms. The van der Waals surface area contributed by atoms with Crippen LogP contribution in [0.25, 0.3) is 11.0 Å². The van der Waals surface area contributed by atoms with Crippen molar-refractivity contribution in [2.75, 3.05) is 6.54 Å². The molecule has 146 valence electrons. The van der Waals surface area contributed by atoms with Crippen molar-refractivity contribution in [2.24, 2.45) is 0 Å². The molecule has 1 aromatic carbocycles. The Labute approximate surface area is 167 Å². The predicted molar refractivity (Wildman–Crippen MR) is 106 cm³/mol. The number of nitrogens with one attached hydrogen (secondary N) is 1. The molecule has 1 saturated carbocycles. The summed E-state index contributed by atoms with van der Waals surface area (Å²) in [5.74, 6) is 0.415. The standard InChI is InChI=1S/C21H22ClFN4O/c1-12-15-5-7-27(21(15)26-11-25-12)13-2-3-14(8-13)28-19-9-18(22)20(23)16-4-6-24-10-17(16)19/h5,7,9,11,13-14,24H,2-4,6,8,10H2,1H3. The molecule has 5 nitrogen and oxygen atoms in total. The van der Waals surface area contributed by atoms with Gasteiger partial charge in [-0.05, 0) is 44.4 Å². The molecule has 1 aliphatic carbocycles. The van der Waals surface area contributed by atoms with E-state index in [1.165, 1.54) is 0 Å². The number of hydrogen-bond acceptors (Lipinski definition) is 4. The summed E-state index contributed by atoms with van der Waals surface area (Å²) >= 11 is 6.13. The Kier molecular flexibility index (Phi) is 4.48. The molecule has 5 rings (SSSR count). The highest BCUT2D eigenvalue weighted by molar-refractivity contribution is 6.31. The zero-order valence-electron chi connectivity index (χ0n) is 15.7. The summed E-state index contributed by atoms with van der Waals surface area (Å²) in [6, 6.07) is 4.06. The predicted octanol–water partition coefficient (Wildman–Crippen LogP) is 4.35. The number of aryl methyl sites for hydroxylation is 1. The quantitative estimate of drug-likeness (QED) is 0.710. The first kappa shape index (κ1) is 17.9. The molecule has 2 aliphatic rings. The first-order valence-corrected chi connectivity index (χ1v) is 10.1. The van der Waals surface area contributed by atoms with Crippen LogP contribution >= 0.6 is 11.6 Å². The Bertz CT molecular complexity index is 1050.